The van der Waals surface area contributed by atoms with E-state index in [2.05, 4.69) is 15.5 Å². The number of nitrogens with one attached hydrogen (secondary N) is 2. The fourth-order valence-electron chi connectivity index (χ4n) is 1.40. The van der Waals surface area contributed by atoms with Crippen molar-refractivity contribution in [2.75, 3.05) is 39.1 Å². The first kappa shape index (κ1) is 14.7. The van der Waals surface area contributed by atoms with Gasteiger partial charge in [0, 0.05) is 24.8 Å². The molecule has 0 radical (unpaired) electrons. The molecule has 0 unspecified atom stereocenters. The van der Waals surface area contributed by atoms with E-state index in [1.54, 1.807) is 0 Å². The Labute approximate surface area is 114 Å². The van der Waals surface area contributed by atoms with Gasteiger partial charge in [-0.1, -0.05) is 6.07 Å². The molecule has 1 rings (SSSR count). The summed E-state index contributed by atoms with van der Waals surface area (Å²) in [6.45, 7) is 4.40. The average Bonchev–Trinajstić information content (AvgIpc) is 2.29. The average molecular weight is 267 g/mol. The molecule has 1 aromatic rings. The minimum absolute atomic E-state index is 0.630. The number of rotatable bonds is 6. The van der Waals surface area contributed by atoms with E-state index in [0.717, 1.165) is 24.5 Å². The molecule has 5 heteroatoms. The van der Waals surface area contributed by atoms with Crippen molar-refractivity contribution in [1.82, 2.24) is 10.2 Å². The lowest BCUT2D eigenvalue weighted by Crippen LogP contribution is -2.34. The number of nitrogens with zero attached hydrogens (tertiary/aromatic N) is 1. The molecule has 0 aliphatic heterocycles. The highest BCUT2D eigenvalue weighted by Crippen LogP contribution is 2.16. The third-order valence-electron chi connectivity index (χ3n) is 2.25. The molecule has 1 aromatic carbocycles. The Balaban J connectivity index is 2.41. The Hall–Kier alpha value is -1.33. The molecule has 100 valence electrons. The van der Waals surface area contributed by atoms with Crippen LogP contribution in [0, 0.1) is 0 Å². The molecule has 0 atom stereocenters. The standard InChI is InChI=1S/C13H21N3OS/c1-4-17-12-7-5-6-11(10-12)15-13(18)14-8-9-16(2)3/h5-7,10H,4,8-9H2,1-3H3,(H2,14,15,18). The fraction of sp³-hybridized carbons (Fsp3) is 0.462. The maximum atomic E-state index is 5.43. The first-order valence-electron chi connectivity index (χ1n) is 6.04. The third kappa shape index (κ3) is 5.84. The Morgan fingerprint density at radius 1 is 1.39 bits per heavy atom. The van der Waals surface area contributed by atoms with Crippen molar-refractivity contribution in [2.45, 2.75) is 6.92 Å². The van der Waals surface area contributed by atoms with E-state index < -0.39 is 0 Å². The lowest BCUT2D eigenvalue weighted by atomic mass is 10.3. The zero-order valence-corrected chi connectivity index (χ0v) is 12.0. The number of benzene rings is 1. The van der Waals surface area contributed by atoms with E-state index in [9.17, 15) is 0 Å². The van der Waals surface area contributed by atoms with Crippen LogP contribution in [0.5, 0.6) is 5.75 Å². The van der Waals surface area contributed by atoms with E-state index >= 15 is 0 Å². The van der Waals surface area contributed by atoms with Crippen molar-refractivity contribution >= 4 is 23.0 Å². The minimum atomic E-state index is 0.630. The van der Waals surface area contributed by atoms with Crippen LogP contribution in [-0.4, -0.2) is 43.8 Å². The van der Waals surface area contributed by atoms with Crippen LogP contribution in [0.25, 0.3) is 0 Å². The van der Waals surface area contributed by atoms with Crippen LogP contribution < -0.4 is 15.4 Å². The molecular formula is C13H21N3OS. The highest BCUT2D eigenvalue weighted by Gasteiger charge is 1.99. The van der Waals surface area contributed by atoms with Gasteiger partial charge in [0.1, 0.15) is 5.75 Å². The van der Waals surface area contributed by atoms with Gasteiger partial charge in [-0.05, 0) is 45.4 Å². The predicted molar refractivity (Wildman–Crippen MR) is 80.4 cm³/mol. The Morgan fingerprint density at radius 2 is 2.17 bits per heavy atom. The van der Waals surface area contributed by atoms with Crippen LogP contribution in [0.1, 0.15) is 6.92 Å². The first-order valence-corrected chi connectivity index (χ1v) is 6.45. The van der Waals surface area contributed by atoms with Crippen molar-refractivity contribution < 1.29 is 4.74 Å². The zero-order chi connectivity index (χ0) is 13.4. The van der Waals surface area contributed by atoms with Crippen LogP contribution in [0.4, 0.5) is 5.69 Å². The number of likely N-dealkylation sites (N-methyl/N-ethyl adjacent to an activating group) is 1. The number of anilines is 1. The van der Waals surface area contributed by atoms with E-state index in [1.165, 1.54) is 0 Å². The van der Waals surface area contributed by atoms with Gasteiger partial charge in [-0.3, -0.25) is 0 Å². The predicted octanol–water partition coefficient (Wildman–Crippen LogP) is 1.93. The van der Waals surface area contributed by atoms with E-state index in [1.807, 2.05) is 45.3 Å². The van der Waals surface area contributed by atoms with Gasteiger partial charge in [-0.2, -0.15) is 0 Å². The molecule has 2 N–H and O–H groups in total. The molecule has 0 amide bonds. The summed E-state index contributed by atoms with van der Waals surface area (Å²) < 4.78 is 5.43. The van der Waals surface area contributed by atoms with Crippen LogP contribution in [0.3, 0.4) is 0 Å². The van der Waals surface area contributed by atoms with Gasteiger partial charge in [-0.25, -0.2) is 0 Å². The highest BCUT2D eigenvalue weighted by molar-refractivity contribution is 7.80. The quantitative estimate of drug-likeness (QED) is 0.770. The van der Waals surface area contributed by atoms with E-state index in [4.69, 9.17) is 17.0 Å². The van der Waals surface area contributed by atoms with Crippen LogP contribution in [0.15, 0.2) is 24.3 Å². The van der Waals surface area contributed by atoms with Crippen LogP contribution in [-0.2, 0) is 0 Å². The smallest absolute Gasteiger partial charge is 0.170 e. The SMILES string of the molecule is CCOc1cccc(NC(=S)NCCN(C)C)c1. The molecule has 0 saturated carbocycles. The number of hydrogen-bond donors (Lipinski definition) is 2. The molecule has 0 aliphatic rings. The van der Waals surface area contributed by atoms with Crippen molar-refractivity contribution in [2.24, 2.45) is 0 Å². The Bertz CT molecular complexity index is 382. The summed E-state index contributed by atoms with van der Waals surface area (Å²) in [5.74, 6) is 0.846. The summed E-state index contributed by atoms with van der Waals surface area (Å²) in [7, 11) is 4.06. The lowest BCUT2D eigenvalue weighted by molar-refractivity contribution is 0.340. The number of ether oxygens (including phenoxy) is 1. The summed E-state index contributed by atoms with van der Waals surface area (Å²) in [6, 6.07) is 7.76. The second kappa shape index (κ2) is 7.89. The summed E-state index contributed by atoms with van der Waals surface area (Å²) >= 11 is 5.21. The minimum Gasteiger partial charge on any atom is -0.494 e. The summed E-state index contributed by atoms with van der Waals surface area (Å²) in [6.07, 6.45) is 0. The molecule has 0 saturated heterocycles. The normalized spacial score (nSPS) is 10.2. The third-order valence-corrected chi connectivity index (χ3v) is 2.49. The second-order valence-corrected chi connectivity index (χ2v) is 4.55. The Kier molecular flexibility index (Phi) is 6.46. The summed E-state index contributed by atoms with van der Waals surface area (Å²) in [5, 5.41) is 6.92. The maximum absolute atomic E-state index is 5.43. The van der Waals surface area contributed by atoms with Gasteiger partial charge in [0.25, 0.3) is 0 Å². The first-order chi connectivity index (χ1) is 8.61. The molecule has 0 bridgehead atoms. The topological polar surface area (TPSA) is 36.5 Å². The van der Waals surface area contributed by atoms with Crippen molar-refractivity contribution in [3.05, 3.63) is 24.3 Å². The molecular weight excluding hydrogens is 246 g/mol. The number of hydrogen-bond acceptors (Lipinski definition) is 3. The summed E-state index contributed by atoms with van der Waals surface area (Å²) in [5.41, 5.74) is 0.934. The van der Waals surface area contributed by atoms with Crippen molar-refractivity contribution in [3.8, 4) is 5.75 Å². The highest BCUT2D eigenvalue weighted by atomic mass is 32.1. The molecule has 0 spiro atoms. The fourth-order valence-corrected chi connectivity index (χ4v) is 1.62. The molecule has 0 fully saturated rings. The van der Waals surface area contributed by atoms with Gasteiger partial charge in [0.2, 0.25) is 0 Å². The van der Waals surface area contributed by atoms with Gasteiger partial charge in [0.05, 0.1) is 6.61 Å². The van der Waals surface area contributed by atoms with Crippen LogP contribution in [0.2, 0.25) is 0 Å². The number of thiocarbonyl (C=S) groups is 1. The Morgan fingerprint density at radius 3 is 2.83 bits per heavy atom. The molecule has 0 heterocycles. The van der Waals surface area contributed by atoms with Crippen molar-refractivity contribution in [1.29, 1.82) is 0 Å². The molecule has 4 nitrogen and oxygen atoms in total. The van der Waals surface area contributed by atoms with Crippen molar-refractivity contribution in [3.63, 3.8) is 0 Å². The largest absolute Gasteiger partial charge is 0.494 e. The molecule has 0 aromatic heterocycles. The van der Waals surface area contributed by atoms with Gasteiger partial charge < -0.3 is 20.3 Å². The maximum Gasteiger partial charge on any atom is 0.170 e. The molecule has 0 aliphatic carbocycles. The lowest BCUT2D eigenvalue weighted by Gasteiger charge is -2.13. The second-order valence-electron chi connectivity index (χ2n) is 4.15. The van der Waals surface area contributed by atoms with E-state index in [-0.39, 0.29) is 0 Å². The van der Waals surface area contributed by atoms with Gasteiger partial charge >= 0.3 is 0 Å². The summed E-state index contributed by atoms with van der Waals surface area (Å²) in [4.78, 5) is 2.10. The monoisotopic (exact) mass is 267 g/mol. The van der Waals surface area contributed by atoms with Gasteiger partial charge in [0.15, 0.2) is 5.11 Å². The van der Waals surface area contributed by atoms with Crippen LogP contribution >= 0.6 is 12.2 Å². The molecule has 18 heavy (non-hydrogen) atoms. The zero-order valence-electron chi connectivity index (χ0n) is 11.2. The van der Waals surface area contributed by atoms with Gasteiger partial charge in [-0.15, -0.1) is 0 Å². The van der Waals surface area contributed by atoms with E-state index in [0.29, 0.717) is 11.7 Å².